The van der Waals surface area contributed by atoms with Crippen molar-refractivity contribution in [3.63, 3.8) is 0 Å². The summed E-state index contributed by atoms with van der Waals surface area (Å²) in [5, 5.41) is 134. The minimum atomic E-state index is -2.92. The molecule has 0 bridgehead atoms. The molecule has 0 aliphatic carbocycles. The number of hydrogen-bond acceptors (Lipinski definition) is 18. The summed E-state index contributed by atoms with van der Waals surface area (Å²) in [7, 11) is -14.0. The molecule has 0 aromatic heterocycles. The molecule has 0 rings (SSSR count). The molecule has 0 aromatic rings. The SMILES string of the molecule is O.O.O.O.O.OB(O)O.OB(O)O.OB(O)O.OB(O)O.[Ca+2].[Ca+2].[O-]B(O)O.[O-]B([O-])[O-]. The Balaban J connectivity index is -0.0000000109. The zero-order chi connectivity index (χ0) is 21.5. The van der Waals surface area contributed by atoms with E-state index in [-0.39, 0.29) is 103 Å². The maximum Gasteiger partial charge on any atom is 2.00 e. The Morgan fingerprint density at radius 2 is 0.323 bits per heavy atom. The Morgan fingerprint density at radius 1 is 0.323 bits per heavy atom. The van der Waals surface area contributed by atoms with Crippen LogP contribution in [0.5, 0.6) is 0 Å². The average molecular weight is 537 g/mol. The van der Waals surface area contributed by atoms with Crippen molar-refractivity contribution in [1.29, 1.82) is 0 Å². The van der Waals surface area contributed by atoms with Gasteiger partial charge in [0.15, 0.2) is 0 Å². The summed E-state index contributed by atoms with van der Waals surface area (Å²) in [6.07, 6.45) is 0. The van der Waals surface area contributed by atoms with E-state index in [1.807, 2.05) is 0 Å². The third kappa shape index (κ3) is 7270. The van der Waals surface area contributed by atoms with Crippen LogP contribution in [0.15, 0.2) is 0 Å². The van der Waals surface area contributed by atoms with Crippen LogP contribution in [-0.4, -0.2) is 217 Å². The van der Waals surface area contributed by atoms with Crippen LogP contribution in [0.25, 0.3) is 0 Å². The van der Waals surface area contributed by atoms with Crippen LogP contribution in [0.4, 0.5) is 0 Å². The zero-order valence-electron chi connectivity index (χ0n) is 15.3. The Morgan fingerprint density at radius 3 is 0.323 bits per heavy atom. The molecule has 0 heterocycles. The second-order valence-corrected chi connectivity index (χ2v) is 2.00. The van der Waals surface area contributed by atoms with E-state index in [9.17, 15) is 0 Å². The van der Waals surface area contributed by atoms with Gasteiger partial charge in [-0.1, -0.05) is 0 Å². The van der Waals surface area contributed by atoms with Gasteiger partial charge in [0.25, 0.3) is 0 Å². The molecule has 0 saturated heterocycles. The van der Waals surface area contributed by atoms with Crippen LogP contribution in [0.2, 0.25) is 0 Å². The Kier molecular flexibility index (Phi) is 210. The molecule has 23 nitrogen and oxygen atoms in total. The second kappa shape index (κ2) is 76.9. The van der Waals surface area contributed by atoms with Crippen molar-refractivity contribution in [2.24, 2.45) is 0 Å². The summed E-state index contributed by atoms with van der Waals surface area (Å²) in [6, 6.07) is 0. The summed E-state index contributed by atoms with van der Waals surface area (Å²) in [5.74, 6) is 0. The van der Waals surface area contributed by atoms with Crippen molar-refractivity contribution < 1.29 is 118 Å². The van der Waals surface area contributed by atoms with E-state index >= 15 is 0 Å². The van der Waals surface area contributed by atoms with E-state index in [0.717, 1.165) is 0 Å². The van der Waals surface area contributed by atoms with Crippen LogP contribution < -0.4 is 20.1 Å². The quantitative estimate of drug-likeness (QED) is 0.127. The summed E-state index contributed by atoms with van der Waals surface area (Å²) >= 11 is 0. The molecular formula is H24B6Ca2O23. The fourth-order valence-electron chi connectivity index (χ4n) is 0. The van der Waals surface area contributed by atoms with Crippen molar-refractivity contribution in [2.75, 3.05) is 0 Å². The van der Waals surface area contributed by atoms with Gasteiger partial charge in [-0.25, -0.2) is 0 Å². The second-order valence-electron chi connectivity index (χ2n) is 2.00. The third-order valence-electron chi connectivity index (χ3n) is 0. The fraction of sp³-hybridized carbons (Fsp3) is 0. The first kappa shape index (κ1) is 84.5. The van der Waals surface area contributed by atoms with Gasteiger partial charge in [0.1, 0.15) is 0 Å². The van der Waals surface area contributed by atoms with Crippen molar-refractivity contribution in [3.8, 4) is 0 Å². The Bertz CT molecular complexity index is 107. The first-order valence-electron chi connectivity index (χ1n) is 4.56. The molecule has 184 valence electrons. The first-order valence-corrected chi connectivity index (χ1v) is 4.56. The van der Waals surface area contributed by atoms with Gasteiger partial charge in [-0.3, -0.25) is 7.32 Å². The molecule has 0 radical (unpaired) electrons. The molecule has 31 heteroatoms. The van der Waals surface area contributed by atoms with Crippen LogP contribution in [0.3, 0.4) is 0 Å². The van der Waals surface area contributed by atoms with Gasteiger partial charge in [-0.2, -0.15) is 0 Å². The minimum absolute atomic E-state index is 0. The molecule has 0 aromatic carbocycles. The number of rotatable bonds is 0. The molecule has 0 unspecified atom stereocenters. The van der Waals surface area contributed by atoms with Gasteiger partial charge in [-0.15, -0.1) is 0 Å². The van der Waals surface area contributed by atoms with E-state index in [1.54, 1.807) is 0 Å². The molecule has 0 spiro atoms. The van der Waals surface area contributed by atoms with E-state index in [0.29, 0.717) is 0 Å². The zero-order valence-corrected chi connectivity index (χ0v) is 19.7. The summed E-state index contributed by atoms with van der Waals surface area (Å²) < 4.78 is 0. The van der Waals surface area contributed by atoms with Crippen LogP contribution in [0, 0.1) is 0 Å². The maximum absolute atomic E-state index is 8.64. The molecular weight excluding hydrogens is 513 g/mol. The van der Waals surface area contributed by atoms with Crippen molar-refractivity contribution in [1.82, 2.24) is 0 Å². The molecule has 24 N–H and O–H groups in total. The molecule has 0 amide bonds. The predicted molar refractivity (Wildman–Crippen MR) is 95.2 cm³/mol. The van der Waals surface area contributed by atoms with Gasteiger partial charge in [0, 0.05) is 0 Å². The average Bonchev–Trinajstić information content (AvgIpc) is 2.08. The fourth-order valence-corrected chi connectivity index (χ4v) is 0. The van der Waals surface area contributed by atoms with E-state index in [1.165, 1.54) is 0 Å². The minimum Gasteiger partial charge on any atom is -0.907 e. The van der Waals surface area contributed by atoms with Crippen molar-refractivity contribution >= 4 is 119 Å². The van der Waals surface area contributed by atoms with E-state index in [2.05, 4.69) is 0 Å². The first-order chi connectivity index (χ1) is 10.4. The smallest absolute Gasteiger partial charge is 0.907 e. The molecule has 0 aliphatic heterocycles. The molecule has 0 fully saturated rings. The normalized spacial score (nSPS) is 5.23. The largest absolute Gasteiger partial charge is 2.00 e. The third-order valence-corrected chi connectivity index (χ3v) is 0. The Labute approximate surface area is 235 Å². The van der Waals surface area contributed by atoms with Gasteiger partial charge in [0.2, 0.25) is 0 Å². The summed E-state index contributed by atoms with van der Waals surface area (Å²) in [5.41, 5.74) is 0. The van der Waals surface area contributed by atoms with Crippen LogP contribution >= 0.6 is 0 Å². The summed E-state index contributed by atoms with van der Waals surface area (Å²) in [4.78, 5) is 0. The maximum atomic E-state index is 8.64. The molecule has 0 aliphatic rings. The monoisotopic (exact) mass is 538 g/mol. The van der Waals surface area contributed by atoms with Gasteiger partial charge in [0.05, 0.1) is 0 Å². The van der Waals surface area contributed by atoms with Gasteiger partial charge >= 0.3 is 112 Å². The van der Waals surface area contributed by atoms with Crippen molar-refractivity contribution in [3.05, 3.63) is 0 Å². The Hall–Kier alpha value is 1.99. The van der Waals surface area contributed by atoms with Gasteiger partial charge in [-0.05, 0) is 0 Å². The van der Waals surface area contributed by atoms with Crippen LogP contribution in [0.1, 0.15) is 0 Å². The number of hydrogen-bond donors (Lipinski definition) is 14. The van der Waals surface area contributed by atoms with Gasteiger partial charge < -0.3 is 118 Å². The van der Waals surface area contributed by atoms with Crippen molar-refractivity contribution in [2.45, 2.75) is 0 Å². The van der Waals surface area contributed by atoms with Crippen LogP contribution in [-0.2, 0) is 0 Å². The molecule has 31 heavy (non-hydrogen) atoms. The summed E-state index contributed by atoms with van der Waals surface area (Å²) in [6.45, 7) is 0. The molecule has 0 saturated carbocycles. The van der Waals surface area contributed by atoms with E-state index in [4.69, 9.17) is 90.4 Å². The molecule has 0 atom stereocenters. The topological polar surface area (TPSA) is 533 Å². The standard InChI is InChI=1S/4BH3O3.BH2O3.BO3.2Ca.5H2O/c6*2-1(3)4;;;;;;;/h4*2-4H;2-3H;;;;5*1H2/q;;;;-1;-3;2*+2;;;;;. The van der Waals surface area contributed by atoms with E-state index < -0.39 is 43.9 Å². The predicted octanol–water partition coefficient (Wildman–Crippen LogP) is -19.7.